The van der Waals surface area contributed by atoms with Crippen LogP contribution < -0.4 is 5.32 Å². The second kappa shape index (κ2) is 5.98. The maximum Gasteiger partial charge on any atom is 0.417 e. The van der Waals surface area contributed by atoms with Crippen LogP contribution in [0.3, 0.4) is 0 Å². The lowest BCUT2D eigenvalue weighted by Gasteiger charge is -2.23. The highest BCUT2D eigenvalue weighted by atomic mass is 35.5. The number of hydrogen-bond acceptors (Lipinski definition) is 3. The lowest BCUT2D eigenvalue weighted by molar-refractivity contribution is -0.137. The maximum atomic E-state index is 12.7. The van der Waals surface area contributed by atoms with Crippen molar-refractivity contribution >= 4 is 17.3 Å². The average Bonchev–Trinajstić information content (AvgIpc) is 2.37. The first-order valence-corrected chi connectivity index (χ1v) is 6.14. The Morgan fingerprint density at radius 3 is 2.79 bits per heavy atom. The number of rotatable bonds is 3. The minimum absolute atomic E-state index is 0.0567. The van der Waals surface area contributed by atoms with Crippen molar-refractivity contribution in [2.45, 2.75) is 18.7 Å². The Labute approximate surface area is 113 Å². The van der Waals surface area contributed by atoms with Crippen molar-refractivity contribution in [1.29, 1.82) is 0 Å². The number of alkyl halides is 3. The Balaban J connectivity index is 2.00. The van der Waals surface area contributed by atoms with Gasteiger partial charge in [-0.15, -0.1) is 0 Å². The molecule has 0 aromatic heterocycles. The fourth-order valence-corrected chi connectivity index (χ4v) is 1.97. The van der Waals surface area contributed by atoms with Gasteiger partial charge in [0.2, 0.25) is 0 Å². The zero-order chi connectivity index (χ0) is 13.9. The largest absolute Gasteiger partial charge is 0.417 e. The van der Waals surface area contributed by atoms with Crippen LogP contribution in [0.15, 0.2) is 18.2 Å². The van der Waals surface area contributed by atoms with Gasteiger partial charge in [0, 0.05) is 12.2 Å². The van der Waals surface area contributed by atoms with Crippen LogP contribution in [0.4, 0.5) is 18.9 Å². The molecule has 1 fully saturated rings. The van der Waals surface area contributed by atoms with E-state index in [1.54, 1.807) is 0 Å². The lowest BCUT2D eigenvalue weighted by atomic mass is 10.2. The molecular formula is C12H13ClF3NO2. The van der Waals surface area contributed by atoms with E-state index in [4.69, 9.17) is 21.1 Å². The number of halogens is 4. The van der Waals surface area contributed by atoms with Crippen LogP contribution >= 0.6 is 11.6 Å². The van der Waals surface area contributed by atoms with Gasteiger partial charge in [0.05, 0.1) is 23.3 Å². The molecule has 0 radical (unpaired) electrons. The number of benzene rings is 1. The Morgan fingerprint density at radius 1 is 1.37 bits per heavy atom. The quantitative estimate of drug-likeness (QED) is 0.925. The maximum absolute atomic E-state index is 12.7. The minimum atomic E-state index is -4.45. The van der Waals surface area contributed by atoms with Crippen LogP contribution in [0.5, 0.6) is 0 Å². The van der Waals surface area contributed by atoms with Gasteiger partial charge in [0.15, 0.2) is 0 Å². The van der Waals surface area contributed by atoms with Gasteiger partial charge >= 0.3 is 6.18 Å². The van der Waals surface area contributed by atoms with Crippen LogP contribution in [0, 0.1) is 0 Å². The zero-order valence-corrected chi connectivity index (χ0v) is 10.7. The van der Waals surface area contributed by atoms with Crippen LogP contribution in [0.25, 0.3) is 0 Å². The minimum Gasteiger partial charge on any atom is -0.382 e. The molecule has 0 saturated carbocycles. The molecule has 1 aromatic rings. The van der Waals surface area contributed by atoms with Crippen molar-refractivity contribution in [3.05, 3.63) is 28.8 Å². The van der Waals surface area contributed by atoms with E-state index in [2.05, 4.69) is 5.32 Å². The monoisotopic (exact) mass is 295 g/mol. The third-order valence-electron chi connectivity index (χ3n) is 2.78. The smallest absolute Gasteiger partial charge is 0.382 e. The molecule has 7 heteroatoms. The van der Waals surface area contributed by atoms with E-state index >= 15 is 0 Å². The van der Waals surface area contributed by atoms with Crippen molar-refractivity contribution in [3.63, 3.8) is 0 Å². The third kappa shape index (κ3) is 3.99. The van der Waals surface area contributed by atoms with Gasteiger partial charge < -0.3 is 14.8 Å². The van der Waals surface area contributed by atoms with Gasteiger partial charge in [-0.1, -0.05) is 11.6 Å². The molecule has 19 heavy (non-hydrogen) atoms. The Morgan fingerprint density at radius 2 is 2.16 bits per heavy atom. The highest BCUT2D eigenvalue weighted by Gasteiger charge is 2.33. The topological polar surface area (TPSA) is 30.5 Å². The summed E-state index contributed by atoms with van der Waals surface area (Å²) >= 11 is 5.54. The van der Waals surface area contributed by atoms with Gasteiger partial charge in [0.25, 0.3) is 0 Å². The predicted molar refractivity (Wildman–Crippen MR) is 65.3 cm³/mol. The molecule has 0 aliphatic carbocycles. The van der Waals surface area contributed by atoms with Gasteiger partial charge in [-0.25, -0.2) is 0 Å². The molecule has 1 aliphatic heterocycles. The average molecular weight is 296 g/mol. The SMILES string of the molecule is FC(F)(F)c1cc(NCC2CCOCO2)ccc1Cl. The van der Waals surface area contributed by atoms with E-state index < -0.39 is 11.7 Å². The van der Waals surface area contributed by atoms with E-state index in [1.165, 1.54) is 12.1 Å². The second-order valence-electron chi connectivity index (χ2n) is 4.18. The highest BCUT2D eigenvalue weighted by Crippen LogP contribution is 2.36. The van der Waals surface area contributed by atoms with E-state index in [0.717, 1.165) is 6.07 Å². The summed E-state index contributed by atoms with van der Waals surface area (Å²) in [6.45, 7) is 1.25. The van der Waals surface area contributed by atoms with Crippen molar-refractivity contribution < 1.29 is 22.6 Å². The van der Waals surface area contributed by atoms with E-state index in [9.17, 15) is 13.2 Å². The molecule has 3 nitrogen and oxygen atoms in total. The molecular weight excluding hydrogens is 283 g/mol. The first-order valence-electron chi connectivity index (χ1n) is 5.77. The normalized spacial score (nSPS) is 20.3. The van der Waals surface area contributed by atoms with Gasteiger partial charge in [-0.05, 0) is 24.6 Å². The van der Waals surface area contributed by atoms with E-state index in [-0.39, 0.29) is 17.9 Å². The highest BCUT2D eigenvalue weighted by molar-refractivity contribution is 6.31. The van der Waals surface area contributed by atoms with Crippen molar-refractivity contribution in [1.82, 2.24) is 0 Å². The summed E-state index contributed by atoms with van der Waals surface area (Å²) in [7, 11) is 0. The summed E-state index contributed by atoms with van der Waals surface area (Å²) in [5.41, 5.74) is -0.473. The Bertz CT molecular complexity index is 433. The zero-order valence-electron chi connectivity index (χ0n) is 9.97. The van der Waals surface area contributed by atoms with Crippen molar-refractivity contribution in [2.24, 2.45) is 0 Å². The van der Waals surface area contributed by atoms with Crippen molar-refractivity contribution in [2.75, 3.05) is 25.3 Å². The molecule has 106 valence electrons. The van der Waals surface area contributed by atoms with E-state index in [1.807, 2.05) is 0 Å². The molecule has 0 spiro atoms. The summed E-state index contributed by atoms with van der Waals surface area (Å²) in [4.78, 5) is 0. The van der Waals surface area contributed by atoms with E-state index in [0.29, 0.717) is 25.3 Å². The summed E-state index contributed by atoms with van der Waals surface area (Å²) in [5.74, 6) is 0. The fourth-order valence-electron chi connectivity index (χ4n) is 1.75. The van der Waals surface area contributed by atoms with Gasteiger partial charge in [-0.2, -0.15) is 13.2 Å². The summed E-state index contributed by atoms with van der Waals surface area (Å²) < 4.78 is 48.3. The molecule has 1 N–H and O–H groups in total. The molecule has 1 atom stereocenters. The van der Waals surface area contributed by atoms with Crippen LogP contribution in [0.1, 0.15) is 12.0 Å². The molecule has 0 bridgehead atoms. The van der Waals surface area contributed by atoms with Crippen LogP contribution in [0.2, 0.25) is 5.02 Å². The first kappa shape index (κ1) is 14.4. The fraction of sp³-hybridized carbons (Fsp3) is 0.500. The van der Waals surface area contributed by atoms with Gasteiger partial charge in [0.1, 0.15) is 6.79 Å². The standard InChI is InChI=1S/C12H13ClF3NO2/c13-11-2-1-8(5-10(11)12(14,15)16)17-6-9-3-4-18-7-19-9/h1-2,5,9,17H,3-4,6-7H2. The molecule has 1 unspecified atom stereocenters. The molecule has 1 aromatic carbocycles. The predicted octanol–water partition coefficient (Wildman–Crippen LogP) is 3.53. The Hall–Kier alpha value is -0.980. The number of nitrogens with one attached hydrogen (secondary N) is 1. The Kier molecular flexibility index (Phi) is 4.54. The first-order chi connectivity index (χ1) is 8.97. The molecule has 2 rings (SSSR count). The molecule has 0 amide bonds. The molecule has 1 heterocycles. The summed E-state index contributed by atoms with van der Waals surface area (Å²) in [5, 5.41) is 2.61. The van der Waals surface area contributed by atoms with Crippen LogP contribution in [-0.2, 0) is 15.7 Å². The van der Waals surface area contributed by atoms with Gasteiger partial charge in [-0.3, -0.25) is 0 Å². The summed E-state index contributed by atoms with van der Waals surface area (Å²) in [6, 6.07) is 3.75. The number of ether oxygens (including phenoxy) is 2. The number of hydrogen-bond donors (Lipinski definition) is 1. The van der Waals surface area contributed by atoms with Crippen LogP contribution in [-0.4, -0.2) is 26.0 Å². The third-order valence-corrected chi connectivity index (χ3v) is 3.11. The molecule has 1 saturated heterocycles. The summed E-state index contributed by atoms with van der Waals surface area (Å²) in [6.07, 6.45) is -3.80. The molecule has 1 aliphatic rings. The lowest BCUT2D eigenvalue weighted by Crippen LogP contribution is -2.30. The number of anilines is 1. The second-order valence-corrected chi connectivity index (χ2v) is 4.58. The van der Waals surface area contributed by atoms with Crippen molar-refractivity contribution in [3.8, 4) is 0 Å².